The summed E-state index contributed by atoms with van der Waals surface area (Å²) >= 11 is 2.83. The van der Waals surface area contributed by atoms with Gasteiger partial charge in [0.05, 0.1) is 15.8 Å². The molecule has 4 rings (SSSR count). The Balaban J connectivity index is 1.61. The zero-order valence-electron chi connectivity index (χ0n) is 38.3. The number of nitrogens with zero attached hydrogens (tertiary/aromatic N) is 2. The van der Waals surface area contributed by atoms with Crippen molar-refractivity contribution in [1.29, 1.82) is 0 Å². The molecule has 0 saturated carbocycles. The van der Waals surface area contributed by atoms with Crippen LogP contribution in [-0.2, 0) is 54.5 Å². The lowest BCUT2D eigenvalue weighted by Gasteiger charge is -2.24. The molecule has 0 radical (unpaired) electrons. The van der Waals surface area contributed by atoms with E-state index in [1.807, 2.05) is 22.2 Å². The number of ketones is 2. The monoisotopic (exact) mass is 954 g/mol. The summed E-state index contributed by atoms with van der Waals surface area (Å²) in [4.78, 5) is 135. The molecule has 8 amide bonds. The number of aromatic nitrogens is 1. The van der Waals surface area contributed by atoms with E-state index in [4.69, 9.17) is 5.73 Å². The standard InChI is InChI=1S/C44H62N10O10S2/c1-22(55)16-30-10-8-9-14-54-20-31-12-15-65-35(31)44(54)66-21-33(34(56)18-32(36(45)57)17-29-11-13-46-19-29)53-42(63)28(7)51-40(61)26(5)49-38(59)24(3)47-37(58)23(2)48-39(60)25(4)50-41(62)27(6)52-43(30)64/h12-13,15,19-20,23-28,30,32-33H,8-11,14,16-18,21H2,1-7H3,(H2,45,57)(H,47,58)(H,48,60)(H,49,59)(H,50,62)(H,51,61)(H,52,64)(H,53,63)/t23-,24-,25-,26-,27-,28-,30+,32+,33-/m0/s1. The summed E-state index contributed by atoms with van der Waals surface area (Å²) in [5, 5.41) is 21.6. The molecule has 0 aromatic carbocycles. The Kier molecular flexibility index (Phi) is 19.6. The first-order chi connectivity index (χ1) is 31.1. The largest absolute Gasteiger partial charge is 0.369 e. The fourth-order valence-electron chi connectivity index (χ4n) is 7.19. The molecule has 2 aromatic heterocycles. The van der Waals surface area contributed by atoms with Crippen molar-refractivity contribution in [3.05, 3.63) is 29.4 Å². The molecule has 360 valence electrons. The summed E-state index contributed by atoms with van der Waals surface area (Å²) in [7, 11) is 0. The van der Waals surface area contributed by atoms with E-state index in [0.717, 1.165) is 20.7 Å². The van der Waals surface area contributed by atoms with Crippen LogP contribution in [0.5, 0.6) is 0 Å². The van der Waals surface area contributed by atoms with Crippen molar-refractivity contribution in [2.75, 3.05) is 5.75 Å². The van der Waals surface area contributed by atoms with Gasteiger partial charge in [0.25, 0.3) is 0 Å². The van der Waals surface area contributed by atoms with Gasteiger partial charge < -0.3 is 52.3 Å². The van der Waals surface area contributed by atoms with Crippen LogP contribution in [0.3, 0.4) is 0 Å². The number of thiophene rings is 1. The van der Waals surface area contributed by atoms with Crippen LogP contribution in [0.25, 0.3) is 10.1 Å². The Bertz CT molecular complexity index is 2240. The van der Waals surface area contributed by atoms with E-state index >= 15 is 0 Å². The molecule has 0 saturated heterocycles. The molecule has 0 bridgehead atoms. The van der Waals surface area contributed by atoms with Crippen molar-refractivity contribution < 1.29 is 47.9 Å². The van der Waals surface area contributed by atoms with Gasteiger partial charge in [-0.05, 0) is 84.7 Å². The maximum Gasteiger partial charge on any atom is 0.242 e. The first-order valence-corrected chi connectivity index (χ1v) is 23.8. The van der Waals surface area contributed by atoms with Crippen molar-refractivity contribution in [2.24, 2.45) is 22.6 Å². The van der Waals surface area contributed by atoms with Gasteiger partial charge in [0.1, 0.15) is 42.0 Å². The predicted octanol–water partition coefficient (Wildman–Crippen LogP) is 0.896. The number of aliphatic imine (C=N–C) groups is 1. The Labute approximate surface area is 391 Å². The molecule has 0 unspecified atom stereocenters. The zero-order chi connectivity index (χ0) is 48.8. The quantitative estimate of drug-likeness (QED) is 0.184. The van der Waals surface area contributed by atoms with Crippen LogP contribution in [0, 0.1) is 11.8 Å². The average Bonchev–Trinajstić information content (AvgIpc) is 4.01. The number of hydrogen-bond acceptors (Lipinski definition) is 13. The van der Waals surface area contributed by atoms with Crippen LogP contribution >= 0.6 is 23.1 Å². The Morgan fingerprint density at radius 3 is 1.71 bits per heavy atom. The Hall–Kier alpha value is -5.90. The smallest absolute Gasteiger partial charge is 0.242 e. The van der Waals surface area contributed by atoms with Crippen molar-refractivity contribution >= 4 is 98.2 Å². The van der Waals surface area contributed by atoms with Gasteiger partial charge in [0.2, 0.25) is 47.3 Å². The molecule has 0 aliphatic carbocycles. The molecule has 2 aromatic rings. The molecule has 22 heteroatoms. The summed E-state index contributed by atoms with van der Waals surface area (Å²) < 4.78 is 2.97. The van der Waals surface area contributed by atoms with Crippen molar-refractivity contribution in [3.8, 4) is 0 Å². The molecule has 2 aliphatic rings. The highest BCUT2D eigenvalue weighted by molar-refractivity contribution is 7.99. The normalized spacial score (nSPS) is 26.8. The molecular formula is C44H62N10O10S2. The number of nitrogens with one attached hydrogen (secondary N) is 7. The molecule has 2 aliphatic heterocycles. The van der Waals surface area contributed by atoms with Gasteiger partial charge in [-0.1, -0.05) is 6.42 Å². The fourth-order valence-corrected chi connectivity index (χ4v) is 9.49. The van der Waals surface area contributed by atoms with E-state index in [0.29, 0.717) is 32.2 Å². The minimum Gasteiger partial charge on any atom is -0.369 e. The maximum atomic E-state index is 14.1. The highest BCUT2D eigenvalue weighted by atomic mass is 32.2. The first-order valence-electron chi connectivity index (χ1n) is 22.0. The summed E-state index contributed by atoms with van der Waals surface area (Å²) in [5.41, 5.74) is 6.59. The van der Waals surface area contributed by atoms with Gasteiger partial charge >= 0.3 is 0 Å². The second-order valence-corrected chi connectivity index (χ2v) is 18.9. The van der Waals surface area contributed by atoms with Gasteiger partial charge in [-0.3, -0.25) is 48.1 Å². The van der Waals surface area contributed by atoms with E-state index in [-0.39, 0.29) is 30.8 Å². The number of hydrogen-bond donors (Lipinski definition) is 8. The molecule has 20 nitrogen and oxygen atoms in total. The van der Waals surface area contributed by atoms with Crippen molar-refractivity contribution in [1.82, 2.24) is 41.8 Å². The number of carbonyl (C=O) groups is 10. The second-order valence-electron chi connectivity index (χ2n) is 17.0. The lowest BCUT2D eigenvalue weighted by molar-refractivity contribution is -0.135. The molecule has 0 spiro atoms. The number of amides is 8. The van der Waals surface area contributed by atoms with Gasteiger partial charge in [0, 0.05) is 67.4 Å². The number of aryl methyl sites for hydroxylation is 1. The number of rotatable bonds is 8. The minimum atomic E-state index is -1.19. The maximum absolute atomic E-state index is 14.1. The van der Waals surface area contributed by atoms with Crippen LogP contribution in [-0.4, -0.2) is 118 Å². The summed E-state index contributed by atoms with van der Waals surface area (Å²) in [6.45, 7) is 10.2. The van der Waals surface area contributed by atoms with E-state index in [9.17, 15) is 47.9 Å². The van der Waals surface area contributed by atoms with Crippen LogP contribution in [0.4, 0.5) is 0 Å². The molecular weight excluding hydrogens is 893 g/mol. The number of allylic oxidation sites excluding steroid dienone is 1. The van der Waals surface area contributed by atoms with Crippen LogP contribution < -0.4 is 43.0 Å². The third kappa shape index (κ3) is 15.3. The third-order valence-corrected chi connectivity index (χ3v) is 13.5. The first kappa shape index (κ1) is 52.7. The van der Waals surface area contributed by atoms with Gasteiger partial charge in [-0.15, -0.1) is 23.1 Å². The third-order valence-electron chi connectivity index (χ3n) is 11.2. The lowest BCUT2D eigenvalue weighted by atomic mass is 9.91. The number of Topliss-reactive ketones (excluding diaryl/α,β-unsaturated/α-hetero) is 2. The van der Waals surface area contributed by atoms with E-state index in [2.05, 4.69) is 42.2 Å². The van der Waals surface area contributed by atoms with E-state index < -0.39 is 107 Å². The van der Waals surface area contributed by atoms with Gasteiger partial charge in [-0.2, -0.15) is 0 Å². The summed E-state index contributed by atoms with van der Waals surface area (Å²) in [6, 6.07) is -6.09. The SMILES string of the molecule is CC(=O)C[C@H]1CCCCn2cc3ccsc3c2SC[C@@H](C(=O)C[C@@H](CC2=CN=CC2)C(N)=O)NC(=O)[C@H](C)NC(=O)[C@H](C)NC(=O)[C@H](C)NC(=O)[C@H](C)NC(=O)[C@H](C)NC(=O)[C@H](C)NC1=O. The highest BCUT2D eigenvalue weighted by Crippen LogP contribution is 2.35. The van der Waals surface area contributed by atoms with E-state index in [1.54, 1.807) is 12.4 Å². The Morgan fingerprint density at radius 2 is 1.24 bits per heavy atom. The van der Waals surface area contributed by atoms with Gasteiger partial charge in [-0.25, -0.2) is 0 Å². The number of nitrogens with two attached hydrogens (primary N) is 1. The predicted molar refractivity (Wildman–Crippen MR) is 249 cm³/mol. The van der Waals surface area contributed by atoms with Crippen LogP contribution in [0.2, 0.25) is 0 Å². The summed E-state index contributed by atoms with van der Waals surface area (Å²) in [6.07, 6.45) is 7.15. The number of thioether (sulfide) groups is 1. The molecule has 0 fully saturated rings. The fraction of sp³-hybridized carbons (Fsp3) is 0.568. The number of fused-ring (bicyclic) bond motifs is 3. The molecule has 9 N–H and O–H groups in total. The van der Waals surface area contributed by atoms with Crippen molar-refractivity contribution in [2.45, 2.75) is 147 Å². The minimum absolute atomic E-state index is 0.0449. The second kappa shape index (κ2) is 24.6. The number of primary amides is 1. The molecule has 9 atom stereocenters. The highest BCUT2D eigenvalue weighted by Gasteiger charge is 2.32. The van der Waals surface area contributed by atoms with Crippen LogP contribution in [0.1, 0.15) is 93.4 Å². The van der Waals surface area contributed by atoms with Gasteiger partial charge in [0.15, 0.2) is 5.78 Å². The van der Waals surface area contributed by atoms with Crippen LogP contribution in [0.15, 0.2) is 39.4 Å². The molecule has 4 heterocycles. The molecule has 66 heavy (non-hydrogen) atoms. The topological polar surface area (TPSA) is 298 Å². The van der Waals surface area contributed by atoms with E-state index in [1.165, 1.54) is 71.6 Å². The Morgan fingerprint density at radius 1 is 0.742 bits per heavy atom. The zero-order valence-corrected chi connectivity index (χ0v) is 40.0. The lowest BCUT2D eigenvalue weighted by Crippen LogP contribution is -2.58. The van der Waals surface area contributed by atoms with Crippen molar-refractivity contribution in [3.63, 3.8) is 0 Å². The number of carbonyl (C=O) groups excluding carboxylic acids is 10. The average molecular weight is 955 g/mol. The summed E-state index contributed by atoms with van der Waals surface area (Å²) in [5.74, 6) is -7.73.